The molecule has 6 heteroatoms. The Balaban J connectivity index is 1.99. The molecule has 0 aromatic carbocycles. The first-order chi connectivity index (χ1) is 6.66. The Morgan fingerprint density at radius 1 is 1.64 bits per heavy atom. The minimum absolute atomic E-state index is 0.231. The first-order valence-electron chi connectivity index (χ1n) is 4.45. The fourth-order valence-corrected chi connectivity index (χ4v) is 1.96. The monoisotopic (exact) mass is 231 g/mol. The van der Waals surface area contributed by atoms with Crippen molar-refractivity contribution in [2.24, 2.45) is 0 Å². The highest BCUT2D eigenvalue weighted by molar-refractivity contribution is 7.15. The molecule has 1 saturated carbocycles. The third-order valence-electron chi connectivity index (χ3n) is 1.96. The summed E-state index contributed by atoms with van der Waals surface area (Å²) in [6.45, 7) is 1.62. The molecular formula is C8H10ClN3OS. The van der Waals surface area contributed by atoms with Crippen LogP contribution in [-0.2, 0) is 4.79 Å². The lowest BCUT2D eigenvalue weighted by atomic mass is 10.4. The van der Waals surface area contributed by atoms with Gasteiger partial charge in [-0.05, 0) is 19.8 Å². The zero-order chi connectivity index (χ0) is 10.1. The number of nitrogens with zero attached hydrogens (tertiary/aromatic N) is 2. The van der Waals surface area contributed by atoms with E-state index in [1.54, 1.807) is 6.92 Å². The topological polar surface area (TPSA) is 54.9 Å². The summed E-state index contributed by atoms with van der Waals surface area (Å²) >= 11 is 7.04. The van der Waals surface area contributed by atoms with Gasteiger partial charge in [-0.1, -0.05) is 11.3 Å². The number of hydrogen-bond donors (Lipinski definition) is 1. The lowest BCUT2D eigenvalue weighted by Gasteiger charge is -2.00. The quantitative estimate of drug-likeness (QED) is 0.810. The Morgan fingerprint density at radius 2 is 2.36 bits per heavy atom. The molecule has 0 radical (unpaired) electrons. The number of carbonyl (C=O) groups is 1. The van der Waals surface area contributed by atoms with E-state index in [4.69, 9.17) is 11.6 Å². The van der Waals surface area contributed by atoms with Crippen LogP contribution in [0.1, 0.15) is 30.7 Å². The van der Waals surface area contributed by atoms with Gasteiger partial charge in [0.1, 0.15) is 10.4 Å². The van der Waals surface area contributed by atoms with E-state index in [2.05, 4.69) is 15.5 Å². The van der Waals surface area contributed by atoms with Crippen molar-refractivity contribution in [3.63, 3.8) is 0 Å². The van der Waals surface area contributed by atoms with Gasteiger partial charge in [0.2, 0.25) is 11.0 Å². The summed E-state index contributed by atoms with van der Waals surface area (Å²) < 4.78 is 0. The van der Waals surface area contributed by atoms with E-state index < -0.39 is 5.38 Å². The van der Waals surface area contributed by atoms with E-state index in [9.17, 15) is 4.79 Å². The Kier molecular flexibility index (Phi) is 2.69. The van der Waals surface area contributed by atoms with E-state index >= 15 is 0 Å². The van der Waals surface area contributed by atoms with E-state index in [0.29, 0.717) is 11.0 Å². The molecule has 1 aliphatic rings. The SMILES string of the molecule is CC(Cl)C(=O)Nc1nnc(C2CC2)s1. The fourth-order valence-electron chi connectivity index (χ4n) is 0.985. The van der Waals surface area contributed by atoms with Crippen LogP contribution < -0.4 is 5.32 Å². The molecule has 1 amide bonds. The highest BCUT2D eigenvalue weighted by Crippen LogP contribution is 2.42. The number of nitrogens with one attached hydrogen (secondary N) is 1. The lowest BCUT2D eigenvalue weighted by molar-refractivity contribution is -0.115. The second-order valence-corrected chi connectivity index (χ2v) is 4.99. The molecule has 1 N–H and O–H groups in total. The van der Waals surface area contributed by atoms with E-state index in [0.717, 1.165) is 5.01 Å². The second kappa shape index (κ2) is 3.82. The zero-order valence-corrected chi connectivity index (χ0v) is 9.23. The predicted octanol–water partition coefficient (Wildman–Crippen LogP) is 1.98. The number of carbonyl (C=O) groups excluding carboxylic acids is 1. The van der Waals surface area contributed by atoms with Gasteiger partial charge in [-0.25, -0.2) is 0 Å². The Bertz CT molecular complexity index is 348. The van der Waals surface area contributed by atoms with Gasteiger partial charge in [0.05, 0.1) is 0 Å². The number of rotatable bonds is 3. The normalized spacial score (nSPS) is 17.9. The Labute approximate surface area is 90.7 Å². The minimum atomic E-state index is -0.539. The molecule has 1 heterocycles. The van der Waals surface area contributed by atoms with Gasteiger partial charge in [-0.15, -0.1) is 21.8 Å². The molecule has 1 unspecified atom stereocenters. The van der Waals surface area contributed by atoms with Crippen molar-refractivity contribution < 1.29 is 4.79 Å². The number of halogens is 1. The molecule has 76 valence electrons. The lowest BCUT2D eigenvalue weighted by Crippen LogP contribution is -2.20. The molecule has 0 aliphatic heterocycles. The van der Waals surface area contributed by atoms with Crippen LogP contribution in [0.5, 0.6) is 0 Å². The van der Waals surface area contributed by atoms with Crippen LogP contribution in [0.15, 0.2) is 0 Å². The first kappa shape index (κ1) is 9.86. The predicted molar refractivity (Wildman–Crippen MR) is 55.8 cm³/mol. The number of anilines is 1. The van der Waals surface area contributed by atoms with Crippen molar-refractivity contribution >= 4 is 34.0 Å². The molecule has 14 heavy (non-hydrogen) atoms. The molecule has 0 bridgehead atoms. The molecule has 0 saturated heterocycles. The zero-order valence-electron chi connectivity index (χ0n) is 7.66. The van der Waals surface area contributed by atoms with Gasteiger partial charge in [0.25, 0.3) is 0 Å². The van der Waals surface area contributed by atoms with Crippen molar-refractivity contribution in [3.05, 3.63) is 5.01 Å². The summed E-state index contributed by atoms with van der Waals surface area (Å²) in [5, 5.41) is 11.5. The maximum Gasteiger partial charge on any atom is 0.243 e. The molecule has 1 aliphatic carbocycles. The van der Waals surface area contributed by atoms with E-state index in [1.807, 2.05) is 0 Å². The minimum Gasteiger partial charge on any atom is -0.299 e. The third-order valence-corrected chi connectivity index (χ3v) is 3.16. The molecule has 2 rings (SSSR count). The molecule has 1 aromatic rings. The summed E-state index contributed by atoms with van der Waals surface area (Å²) in [4.78, 5) is 11.2. The van der Waals surface area contributed by atoms with E-state index in [-0.39, 0.29) is 5.91 Å². The summed E-state index contributed by atoms with van der Waals surface area (Å²) in [6, 6.07) is 0. The molecule has 1 aromatic heterocycles. The smallest absolute Gasteiger partial charge is 0.243 e. The van der Waals surface area contributed by atoms with Crippen LogP contribution in [0, 0.1) is 0 Å². The van der Waals surface area contributed by atoms with Crippen LogP contribution in [-0.4, -0.2) is 21.5 Å². The van der Waals surface area contributed by atoms with Gasteiger partial charge < -0.3 is 0 Å². The third kappa shape index (κ3) is 2.22. The van der Waals surface area contributed by atoms with Gasteiger partial charge in [0, 0.05) is 5.92 Å². The molecule has 1 fully saturated rings. The average molecular weight is 232 g/mol. The van der Waals surface area contributed by atoms with Crippen LogP contribution in [0.2, 0.25) is 0 Å². The summed E-state index contributed by atoms with van der Waals surface area (Å²) in [5.74, 6) is 0.344. The van der Waals surface area contributed by atoms with Crippen molar-refractivity contribution in [1.29, 1.82) is 0 Å². The van der Waals surface area contributed by atoms with Crippen LogP contribution in [0.3, 0.4) is 0 Å². The highest BCUT2D eigenvalue weighted by Gasteiger charge is 2.27. The van der Waals surface area contributed by atoms with Crippen molar-refractivity contribution in [2.45, 2.75) is 31.1 Å². The number of amides is 1. The Morgan fingerprint density at radius 3 is 2.93 bits per heavy atom. The van der Waals surface area contributed by atoms with Gasteiger partial charge in [-0.3, -0.25) is 10.1 Å². The summed E-state index contributed by atoms with van der Waals surface area (Å²) in [6.07, 6.45) is 2.38. The first-order valence-corrected chi connectivity index (χ1v) is 5.70. The highest BCUT2D eigenvalue weighted by atomic mass is 35.5. The Hall–Kier alpha value is -0.680. The summed E-state index contributed by atoms with van der Waals surface area (Å²) in [7, 11) is 0. The van der Waals surface area contributed by atoms with E-state index in [1.165, 1.54) is 24.2 Å². The summed E-state index contributed by atoms with van der Waals surface area (Å²) in [5.41, 5.74) is 0. The van der Waals surface area contributed by atoms with Crippen molar-refractivity contribution in [2.75, 3.05) is 5.32 Å². The molecule has 4 nitrogen and oxygen atoms in total. The molecular weight excluding hydrogens is 222 g/mol. The van der Waals surface area contributed by atoms with Gasteiger partial charge in [0.15, 0.2) is 0 Å². The standard InChI is InChI=1S/C8H10ClN3OS/c1-4(9)6(13)10-8-12-11-7(14-8)5-2-3-5/h4-5H,2-3H2,1H3,(H,10,12,13). The van der Waals surface area contributed by atoms with Crippen LogP contribution in [0.4, 0.5) is 5.13 Å². The van der Waals surface area contributed by atoms with Gasteiger partial charge in [-0.2, -0.15) is 0 Å². The van der Waals surface area contributed by atoms with Crippen molar-refractivity contribution in [1.82, 2.24) is 10.2 Å². The maximum absolute atomic E-state index is 11.2. The fraction of sp³-hybridized carbons (Fsp3) is 0.625. The average Bonchev–Trinajstić information content (AvgIpc) is 2.88. The molecule has 1 atom stereocenters. The van der Waals surface area contributed by atoms with Crippen molar-refractivity contribution in [3.8, 4) is 0 Å². The second-order valence-electron chi connectivity index (χ2n) is 3.32. The van der Waals surface area contributed by atoms with Crippen LogP contribution in [0.25, 0.3) is 0 Å². The number of alkyl halides is 1. The molecule has 0 spiro atoms. The number of hydrogen-bond acceptors (Lipinski definition) is 4. The largest absolute Gasteiger partial charge is 0.299 e. The van der Waals surface area contributed by atoms with Gasteiger partial charge >= 0.3 is 0 Å². The maximum atomic E-state index is 11.2. The number of aromatic nitrogens is 2. The van der Waals surface area contributed by atoms with Crippen LogP contribution >= 0.6 is 22.9 Å².